The highest BCUT2D eigenvalue weighted by atomic mass is 32.2. The summed E-state index contributed by atoms with van der Waals surface area (Å²) in [5.41, 5.74) is 9.96. The third kappa shape index (κ3) is 2.56. The lowest BCUT2D eigenvalue weighted by molar-refractivity contribution is 0.253. The minimum Gasteiger partial charge on any atom is -0.399 e. The summed E-state index contributed by atoms with van der Waals surface area (Å²) in [6.45, 7) is 0. The summed E-state index contributed by atoms with van der Waals surface area (Å²) in [6.07, 6.45) is 0. The second kappa shape index (κ2) is 3.73. The molecule has 0 aliphatic rings. The zero-order chi connectivity index (χ0) is 11.6. The van der Waals surface area contributed by atoms with Crippen LogP contribution in [-0.4, -0.2) is 14.4 Å². The standard InChI is InChI=1S/C7H8FN3O3S/c8-5-2-1-4(9)3-6(5)15(13,14)11-7(10)12/h1-3H,9H2,(H3,10,11,12). The van der Waals surface area contributed by atoms with E-state index in [2.05, 4.69) is 5.73 Å². The van der Waals surface area contributed by atoms with Crippen molar-refractivity contribution in [3.05, 3.63) is 24.0 Å². The highest BCUT2D eigenvalue weighted by Crippen LogP contribution is 2.17. The molecule has 0 bridgehead atoms. The molecule has 0 aliphatic heterocycles. The average Bonchev–Trinajstić information content (AvgIpc) is 2.06. The molecule has 2 amide bonds. The SMILES string of the molecule is NC(=O)NS(=O)(=O)c1cc(N)ccc1F. The van der Waals surface area contributed by atoms with Gasteiger partial charge in [0.15, 0.2) is 0 Å². The Hall–Kier alpha value is -1.83. The lowest BCUT2D eigenvalue weighted by atomic mass is 10.3. The molecular weight excluding hydrogens is 225 g/mol. The zero-order valence-corrected chi connectivity index (χ0v) is 8.21. The molecule has 0 saturated carbocycles. The summed E-state index contributed by atoms with van der Waals surface area (Å²) in [5, 5.41) is 0. The second-order valence-electron chi connectivity index (χ2n) is 2.66. The van der Waals surface area contributed by atoms with Gasteiger partial charge in [0.25, 0.3) is 10.0 Å². The van der Waals surface area contributed by atoms with E-state index in [0.717, 1.165) is 12.1 Å². The predicted molar refractivity (Wildman–Crippen MR) is 50.7 cm³/mol. The molecule has 0 aromatic heterocycles. The van der Waals surface area contributed by atoms with Crippen LogP contribution in [0.3, 0.4) is 0 Å². The van der Waals surface area contributed by atoms with Gasteiger partial charge < -0.3 is 11.5 Å². The smallest absolute Gasteiger partial charge is 0.326 e. The van der Waals surface area contributed by atoms with E-state index < -0.39 is 26.8 Å². The van der Waals surface area contributed by atoms with Crippen LogP contribution in [0.2, 0.25) is 0 Å². The number of carbonyl (C=O) groups is 1. The van der Waals surface area contributed by atoms with Crippen LogP contribution in [0.4, 0.5) is 14.9 Å². The van der Waals surface area contributed by atoms with Gasteiger partial charge in [-0.3, -0.25) is 0 Å². The molecule has 0 heterocycles. The van der Waals surface area contributed by atoms with Crippen molar-refractivity contribution < 1.29 is 17.6 Å². The predicted octanol–water partition coefficient (Wildman–Crippen LogP) is -0.235. The van der Waals surface area contributed by atoms with Crippen molar-refractivity contribution in [1.29, 1.82) is 0 Å². The number of halogens is 1. The number of rotatable bonds is 2. The number of anilines is 1. The molecule has 0 radical (unpaired) electrons. The van der Waals surface area contributed by atoms with Gasteiger partial charge in [-0.2, -0.15) is 0 Å². The van der Waals surface area contributed by atoms with Gasteiger partial charge in [-0.1, -0.05) is 0 Å². The average molecular weight is 233 g/mol. The number of hydrogen-bond donors (Lipinski definition) is 3. The van der Waals surface area contributed by atoms with E-state index in [1.807, 2.05) is 0 Å². The third-order valence-electron chi connectivity index (χ3n) is 1.48. The molecule has 5 N–H and O–H groups in total. The normalized spacial score (nSPS) is 11.0. The van der Waals surface area contributed by atoms with E-state index in [1.54, 1.807) is 0 Å². The summed E-state index contributed by atoms with van der Waals surface area (Å²) in [4.78, 5) is 9.64. The molecule has 0 atom stereocenters. The van der Waals surface area contributed by atoms with Crippen LogP contribution in [0.5, 0.6) is 0 Å². The van der Waals surface area contributed by atoms with Gasteiger partial charge in [0, 0.05) is 5.69 Å². The van der Waals surface area contributed by atoms with E-state index >= 15 is 0 Å². The number of carbonyl (C=O) groups excluding carboxylic acids is 1. The summed E-state index contributed by atoms with van der Waals surface area (Å²) < 4.78 is 37.1. The Morgan fingerprint density at radius 1 is 1.40 bits per heavy atom. The van der Waals surface area contributed by atoms with Crippen molar-refractivity contribution in [2.75, 3.05) is 5.73 Å². The van der Waals surface area contributed by atoms with Gasteiger partial charge in [-0.15, -0.1) is 0 Å². The van der Waals surface area contributed by atoms with Crippen molar-refractivity contribution in [3.63, 3.8) is 0 Å². The van der Waals surface area contributed by atoms with Gasteiger partial charge >= 0.3 is 6.03 Å². The largest absolute Gasteiger partial charge is 0.399 e. The first-order chi connectivity index (χ1) is 6.83. The third-order valence-corrected chi connectivity index (χ3v) is 2.84. The summed E-state index contributed by atoms with van der Waals surface area (Å²) in [6, 6.07) is 1.67. The summed E-state index contributed by atoms with van der Waals surface area (Å²) in [5.74, 6) is -1.02. The highest BCUT2D eigenvalue weighted by Gasteiger charge is 2.20. The Balaban J connectivity index is 3.26. The lowest BCUT2D eigenvalue weighted by Crippen LogP contribution is -2.35. The number of amides is 2. The van der Waals surface area contributed by atoms with E-state index in [9.17, 15) is 17.6 Å². The van der Waals surface area contributed by atoms with Crippen molar-refractivity contribution in [2.24, 2.45) is 5.73 Å². The quantitative estimate of drug-likeness (QED) is 0.611. The van der Waals surface area contributed by atoms with E-state index in [1.165, 1.54) is 10.8 Å². The summed E-state index contributed by atoms with van der Waals surface area (Å²) in [7, 11) is -4.29. The molecule has 1 aromatic carbocycles. The van der Waals surface area contributed by atoms with Gasteiger partial charge in [0.05, 0.1) is 0 Å². The van der Waals surface area contributed by atoms with Gasteiger partial charge in [-0.25, -0.2) is 22.3 Å². The Kier molecular flexibility index (Phi) is 2.80. The molecule has 6 nitrogen and oxygen atoms in total. The van der Waals surface area contributed by atoms with Gasteiger partial charge in [0.2, 0.25) is 0 Å². The molecular formula is C7H8FN3O3S. The molecule has 0 spiro atoms. The fraction of sp³-hybridized carbons (Fsp3) is 0. The molecule has 0 saturated heterocycles. The van der Waals surface area contributed by atoms with Crippen molar-refractivity contribution >= 4 is 21.7 Å². The monoisotopic (exact) mass is 233 g/mol. The van der Waals surface area contributed by atoms with Gasteiger partial charge in [-0.05, 0) is 18.2 Å². The van der Waals surface area contributed by atoms with Crippen LogP contribution in [-0.2, 0) is 10.0 Å². The molecule has 1 aromatic rings. The number of sulfonamides is 1. The van der Waals surface area contributed by atoms with Crippen LogP contribution in [0.25, 0.3) is 0 Å². The lowest BCUT2D eigenvalue weighted by Gasteiger charge is -2.05. The van der Waals surface area contributed by atoms with Crippen LogP contribution >= 0.6 is 0 Å². The van der Waals surface area contributed by atoms with Crippen LogP contribution in [0.1, 0.15) is 0 Å². The maximum absolute atomic E-state index is 13.1. The van der Waals surface area contributed by atoms with E-state index in [0.29, 0.717) is 0 Å². The number of urea groups is 1. The second-order valence-corrected chi connectivity index (χ2v) is 4.31. The van der Waals surface area contributed by atoms with Crippen LogP contribution in [0.15, 0.2) is 23.1 Å². The number of nitrogens with two attached hydrogens (primary N) is 2. The van der Waals surface area contributed by atoms with Crippen molar-refractivity contribution in [1.82, 2.24) is 4.72 Å². The maximum atomic E-state index is 13.1. The Morgan fingerprint density at radius 3 is 2.53 bits per heavy atom. The first-order valence-electron chi connectivity index (χ1n) is 3.70. The Bertz CT molecular complexity index is 500. The minimum atomic E-state index is -4.29. The maximum Gasteiger partial charge on any atom is 0.326 e. The molecule has 0 aliphatic carbocycles. The zero-order valence-electron chi connectivity index (χ0n) is 7.40. The van der Waals surface area contributed by atoms with Gasteiger partial charge in [0.1, 0.15) is 10.7 Å². The topological polar surface area (TPSA) is 115 Å². The summed E-state index contributed by atoms with van der Waals surface area (Å²) >= 11 is 0. The van der Waals surface area contributed by atoms with Crippen LogP contribution in [0, 0.1) is 5.82 Å². The number of primary amides is 1. The Labute approximate surface area is 85.1 Å². The molecule has 15 heavy (non-hydrogen) atoms. The molecule has 8 heteroatoms. The van der Waals surface area contributed by atoms with Crippen molar-refractivity contribution in [3.8, 4) is 0 Å². The molecule has 1 rings (SSSR count). The van der Waals surface area contributed by atoms with Crippen LogP contribution < -0.4 is 16.2 Å². The van der Waals surface area contributed by atoms with E-state index in [-0.39, 0.29) is 5.69 Å². The fourth-order valence-electron chi connectivity index (χ4n) is 0.913. The molecule has 82 valence electrons. The first kappa shape index (κ1) is 11.2. The highest BCUT2D eigenvalue weighted by molar-refractivity contribution is 7.90. The number of hydrogen-bond acceptors (Lipinski definition) is 4. The minimum absolute atomic E-state index is 0.0567. The first-order valence-corrected chi connectivity index (χ1v) is 5.18. The molecule has 0 fully saturated rings. The number of nitrogen functional groups attached to an aromatic ring is 1. The van der Waals surface area contributed by atoms with Crippen molar-refractivity contribution in [2.45, 2.75) is 4.90 Å². The van der Waals surface area contributed by atoms with E-state index in [4.69, 9.17) is 5.73 Å². The molecule has 0 unspecified atom stereocenters. The Morgan fingerprint density at radius 2 is 2.00 bits per heavy atom. The fourth-order valence-corrected chi connectivity index (χ4v) is 1.90. The number of benzene rings is 1. The number of nitrogens with one attached hydrogen (secondary N) is 1.